The average Bonchev–Trinajstić information content (AvgIpc) is 1.25. The van der Waals surface area contributed by atoms with E-state index in [0.29, 0.717) is 0 Å². The summed E-state index contributed by atoms with van der Waals surface area (Å²) in [6.45, 7) is 0. The summed E-state index contributed by atoms with van der Waals surface area (Å²) in [5, 5.41) is 33.3. The molecule has 0 spiro atoms. The van der Waals surface area contributed by atoms with Crippen LogP contribution in [0.2, 0.25) is 0 Å². The number of hydrogen-bond donors (Lipinski definition) is 0. The minimum absolute atomic E-state index is 0. The standard InChI is InChI=1S/2CH2O3.Bi.Na/c2*2-1(3)4;;/h2*(H2,2,3,4);;/q;;+3;+1/p-4. The van der Waals surface area contributed by atoms with Crippen LogP contribution in [0.1, 0.15) is 0 Å². The van der Waals surface area contributed by atoms with Crippen LogP contribution in [0.25, 0.3) is 0 Å². The molecule has 50 valence electrons. The zero-order chi connectivity index (χ0) is 7.15. The zero-order valence-electron chi connectivity index (χ0n) is 4.90. The van der Waals surface area contributed by atoms with Gasteiger partial charge in [0.25, 0.3) is 0 Å². The molecule has 2 radical (unpaired) electrons. The maximum Gasteiger partial charge on any atom is 3.00 e. The fourth-order valence-electron chi connectivity index (χ4n) is 0. The van der Waals surface area contributed by atoms with Crippen molar-refractivity contribution in [1.82, 2.24) is 0 Å². The molecule has 0 aliphatic rings. The summed E-state index contributed by atoms with van der Waals surface area (Å²) in [4.78, 5) is 16.7. The normalized spacial score (nSPS) is 4.80. The molecule has 0 rings (SSSR count). The van der Waals surface area contributed by atoms with Crippen molar-refractivity contribution in [3.05, 3.63) is 0 Å². The van der Waals surface area contributed by atoms with Crippen molar-refractivity contribution >= 4 is 38.5 Å². The third kappa shape index (κ3) is 2590. The first kappa shape index (κ1) is 22.4. The summed E-state index contributed by atoms with van der Waals surface area (Å²) in [5.74, 6) is 0. The predicted octanol–water partition coefficient (Wildman–Crippen LogP) is -8.27. The van der Waals surface area contributed by atoms with E-state index in [0.717, 1.165) is 0 Å². The molecule has 8 heteroatoms. The summed E-state index contributed by atoms with van der Waals surface area (Å²) in [5.41, 5.74) is 0. The second-order valence-corrected chi connectivity index (χ2v) is 0.500. The van der Waals surface area contributed by atoms with Crippen molar-refractivity contribution in [3.8, 4) is 0 Å². The van der Waals surface area contributed by atoms with Gasteiger partial charge < -0.3 is 30.0 Å². The third-order valence-electron chi connectivity index (χ3n) is 0. The van der Waals surface area contributed by atoms with Gasteiger partial charge in [0.1, 0.15) is 0 Å². The molecule has 0 aromatic carbocycles. The molecule has 0 bridgehead atoms. The third-order valence-corrected chi connectivity index (χ3v) is 0. The molecule has 0 aliphatic carbocycles. The monoisotopic (exact) mass is 352 g/mol. The molecule has 0 aliphatic heterocycles. The molecule has 0 amide bonds. The number of hydrogen-bond acceptors (Lipinski definition) is 6. The molecule has 0 aromatic rings. The van der Waals surface area contributed by atoms with Gasteiger partial charge in [-0.05, 0) is 12.3 Å². The number of rotatable bonds is 0. The topological polar surface area (TPSA) is 126 Å². The van der Waals surface area contributed by atoms with Crippen molar-refractivity contribution in [1.29, 1.82) is 0 Å². The molecule has 0 aromatic heterocycles. The van der Waals surface area contributed by atoms with E-state index in [1.807, 2.05) is 0 Å². The first-order valence-electron chi connectivity index (χ1n) is 1.22. The van der Waals surface area contributed by atoms with Crippen molar-refractivity contribution < 1.29 is 59.6 Å². The smallest absolute Gasteiger partial charge is 0.652 e. The summed E-state index contributed by atoms with van der Waals surface area (Å²) in [6.07, 6.45) is -4.67. The Hall–Kier alpha value is 0.423. The van der Waals surface area contributed by atoms with Crippen molar-refractivity contribution in [3.63, 3.8) is 0 Å². The van der Waals surface area contributed by atoms with Crippen molar-refractivity contribution in [2.45, 2.75) is 0 Å². The number of carboxylic acid groups (broad SMARTS) is 4. The van der Waals surface area contributed by atoms with E-state index in [9.17, 15) is 0 Å². The van der Waals surface area contributed by atoms with E-state index >= 15 is 0 Å². The van der Waals surface area contributed by atoms with Gasteiger partial charge in [-0.2, -0.15) is 0 Å². The van der Waals surface area contributed by atoms with Crippen LogP contribution in [-0.4, -0.2) is 38.5 Å². The Labute approximate surface area is 97.3 Å². The van der Waals surface area contributed by atoms with E-state index in [1.54, 1.807) is 0 Å². The van der Waals surface area contributed by atoms with Crippen LogP contribution < -0.4 is 50.0 Å². The van der Waals surface area contributed by atoms with Crippen LogP contribution >= 0.6 is 0 Å². The van der Waals surface area contributed by atoms with E-state index in [2.05, 4.69) is 0 Å². The maximum atomic E-state index is 8.33. The predicted molar refractivity (Wildman–Crippen MR) is 16.5 cm³/mol. The number of carbonyl (C=O) groups is 2. The first-order valence-corrected chi connectivity index (χ1v) is 1.22. The first-order chi connectivity index (χ1) is 3.46. The molecule has 0 heterocycles. The Balaban J connectivity index is -0.0000000300. The Morgan fingerprint density at radius 3 is 0.800 bits per heavy atom. The Kier molecular flexibility index (Phi) is 36.4. The minimum atomic E-state index is -2.33. The SMILES string of the molecule is O=C([O-])[O-].O=C([O-])[O-].[Bi+3].[Na+]. The zero-order valence-corrected chi connectivity index (χ0v) is 10.4. The average molecular weight is 352 g/mol. The van der Waals surface area contributed by atoms with Crippen LogP contribution in [0.15, 0.2) is 0 Å². The molecule has 0 saturated carbocycles. The molecule has 0 fully saturated rings. The summed E-state index contributed by atoms with van der Waals surface area (Å²) in [6, 6.07) is 0. The molecule has 0 N–H and O–H groups in total. The van der Waals surface area contributed by atoms with Crippen LogP contribution in [0.4, 0.5) is 9.59 Å². The summed E-state index contributed by atoms with van der Waals surface area (Å²) >= 11 is 0. The van der Waals surface area contributed by atoms with Gasteiger partial charge in [0.05, 0.1) is 0 Å². The Morgan fingerprint density at radius 1 is 0.800 bits per heavy atom. The molecular weight excluding hydrogens is 352 g/mol. The van der Waals surface area contributed by atoms with Gasteiger partial charge >= 0.3 is 55.8 Å². The van der Waals surface area contributed by atoms with Gasteiger partial charge in [-0.1, -0.05) is 0 Å². The van der Waals surface area contributed by atoms with E-state index in [1.165, 1.54) is 0 Å². The molecule has 10 heavy (non-hydrogen) atoms. The van der Waals surface area contributed by atoms with Crippen LogP contribution in [-0.2, 0) is 0 Å². The van der Waals surface area contributed by atoms with E-state index in [-0.39, 0.29) is 55.8 Å². The summed E-state index contributed by atoms with van der Waals surface area (Å²) < 4.78 is 0. The fourth-order valence-corrected chi connectivity index (χ4v) is 0. The quantitative estimate of drug-likeness (QED) is 0.399. The van der Waals surface area contributed by atoms with Gasteiger partial charge in [0.2, 0.25) is 0 Å². The second kappa shape index (κ2) is 16.2. The fraction of sp³-hybridized carbons (Fsp3) is 0. The van der Waals surface area contributed by atoms with Gasteiger partial charge in [0, 0.05) is 0 Å². The second-order valence-electron chi connectivity index (χ2n) is 0.500. The van der Waals surface area contributed by atoms with Crippen LogP contribution in [0.5, 0.6) is 0 Å². The minimum Gasteiger partial charge on any atom is -0.652 e. The van der Waals surface area contributed by atoms with Crippen LogP contribution in [0.3, 0.4) is 0 Å². The molecule has 0 unspecified atom stereocenters. The Bertz CT molecular complexity index is 73.7. The maximum absolute atomic E-state index is 8.33. The molecule has 0 atom stereocenters. The van der Waals surface area contributed by atoms with Gasteiger partial charge in [0.15, 0.2) is 0 Å². The molecule has 6 nitrogen and oxygen atoms in total. The van der Waals surface area contributed by atoms with Gasteiger partial charge in [-0.3, -0.25) is 0 Å². The Morgan fingerprint density at radius 2 is 0.800 bits per heavy atom. The van der Waals surface area contributed by atoms with Crippen molar-refractivity contribution in [2.75, 3.05) is 0 Å². The largest absolute Gasteiger partial charge is 3.00 e. The number of carbonyl (C=O) groups excluding carboxylic acids is 2. The van der Waals surface area contributed by atoms with E-state index < -0.39 is 12.3 Å². The van der Waals surface area contributed by atoms with Gasteiger partial charge in [-0.25, -0.2) is 0 Å². The molecule has 0 saturated heterocycles. The molecular formula is C2BiNaO6. The van der Waals surface area contributed by atoms with E-state index in [4.69, 9.17) is 30.0 Å². The van der Waals surface area contributed by atoms with Crippen LogP contribution in [0, 0.1) is 0 Å². The van der Waals surface area contributed by atoms with Gasteiger partial charge in [-0.15, -0.1) is 0 Å². The summed E-state index contributed by atoms with van der Waals surface area (Å²) in [7, 11) is 0. The van der Waals surface area contributed by atoms with Crippen molar-refractivity contribution in [2.24, 2.45) is 0 Å².